The third-order valence-corrected chi connectivity index (χ3v) is 4.62. The summed E-state index contributed by atoms with van der Waals surface area (Å²) in [6.07, 6.45) is 0. The van der Waals surface area contributed by atoms with Crippen molar-refractivity contribution in [3.63, 3.8) is 0 Å². The molecule has 0 aliphatic rings. The number of esters is 1. The first-order chi connectivity index (χ1) is 9.10. The standard InChI is InChI=1S/C13H12FNO2S2/c1-17-13(16)11-6-10(19-12(11)15)7-18-9-4-2-8(14)3-5-9/h2-6H,7,15H2,1H3. The largest absolute Gasteiger partial charge is 0.465 e. The Balaban J connectivity index is 2.04. The first kappa shape index (κ1) is 13.9. The van der Waals surface area contributed by atoms with Crippen molar-refractivity contribution >= 4 is 34.1 Å². The number of rotatable bonds is 4. The van der Waals surface area contributed by atoms with Crippen LogP contribution in [0.3, 0.4) is 0 Å². The molecule has 100 valence electrons. The van der Waals surface area contributed by atoms with Gasteiger partial charge in [-0.25, -0.2) is 9.18 Å². The second kappa shape index (κ2) is 6.08. The van der Waals surface area contributed by atoms with E-state index in [-0.39, 0.29) is 5.82 Å². The van der Waals surface area contributed by atoms with Gasteiger partial charge in [0.1, 0.15) is 10.8 Å². The summed E-state index contributed by atoms with van der Waals surface area (Å²) < 4.78 is 17.4. The molecule has 1 aromatic heterocycles. The average molecular weight is 297 g/mol. The quantitative estimate of drug-likeness (QED) is 0.692. The van der Waals surface area contributed by atoms with Gasteiger partial charge in [-0.15, -0.1) is 23.1 Å². The van der Waals surface area contributed by atoms with E-state index in [1.165, 1.54) is 30.6 Å². The predicted octanol–water partition coefficient (Wildman–Crippen LogP) is 3.55. The molecule has 0 unspecified atom stereocenters. The van der Waals surface area contributed by atoms with Gasteiger partial charge in [-0.1, -0.05) is 0 Å². The second-order valence-electron chi connectivity index (χ2n) is 3.72. The van der Waals surface area contributed by atoms with E-state index in [0.717, 1.165) is 9.77 Å². The van der Waals surface area contributed by atoms with Crippen molar-refractivity contribution in [2.24, 2.45) is 0 Å². The molecule has 0 spiro atoms. The molecule has 0 amide bonds. The van der Waals surface area contributed by atoms with Crippen LogP contribution in [-0.4, -0.2) is 13.1 Å². The predicted molar refractivity (Wildman–Crippen MR) is 76.0 cm³/mol. The van der Waals surface area contributed by atoms with Crippen molar-refractivity contribution in [1.29, 1.82) is 0 Å². The molecule has 0 aliphatic heterocycles. The summed E-state index contributed by atoms with van der Waals surface area (Å²) in [5, 5.41) is 0.460. The van der Waals surface area contributed by atoms with E-state index in [1.54, 1.807) is 30.0 Å². The normalized spacial score (nSPS) is 10.4. The van der Waals surface area contributed by atoms with E-state index in [2.05, 4.69) is 4.74 Å². The highest BCUT2D eigenvalue weighted by Crippen LogP contribution is 2.31. The van der Waals surface area contributed by atoms with Crippen LogP contribution in [0.2, 0.25) is 0 Å². The minimum atomic E-state index is -0.424. The van der Waals surface area contributed by atoms with Crippen LogP contribution in [0.25, 0.3) is 0 Å². The molecule has 0 bridgehead atoms. The van der Waals surface area contributed by atoms with Gasteiger partial charge in [-0.05, 0) is 30.3 Å². The number of methoxy groups -OCH3 is 1. The smallest absolute Gasteiger partial charge is 0.340 e. The summed E-state index contributed by atoms with van der Waals surface area (Å²) in [7, 11) is 1.33. The molecule has 0 fully saturated rings. The van der Waals surface area contributed by atoms with E-state index in [1.807, 2.05) is 0 Å². The lowest BCUT2D eigenvalue weighted by molar-refractivity contribution is 0.0602. The van der Waals surface area contributed by atoms with E-state index < -0.39 is 5.97 Å². The topological polar surface area (TPSA) is 52.3 Å². The number of carbonyl (C=O) groups is 1. The maximum absolute atomic E-state index is 12.8. The molecular formula is C13H12FNO2S2. The molecule has 0 saturated carbocycles. The van der Waals surface area contributed by atoms with Crippen LogP contribution in [0, 0.1) is 5.82 Å². The van der Waals surface area contributed by atoms with Gasteiger partial charge in [0.15, 0.2) is 0 Å². The van der Waals surface area contributed by atoms with Gasteiger partial charge in [0, 0.05) is 15.5 Å². The molecule has 3 nitrogen and oxygen atoms in total. The molecule has 19 heavy (non-hydrogen) atoms. The molecule has 0 saturated heterocycles. The summed E-state index contributed by atoms with van der Waals surface area (Å²) in [6, 6.07) is 8.02. The van der Waals surface area contributed by atoms with Gasteiger partial charge in [0.25, 0.3) is 0 Å². The van der Waals surface area contributed by atoms with Crippen LogP contribution < -0.4 is 5.73 Å². The number of ether oxygens (including phenoxy) is 1. The SMILES string of the molecule is COC(=O)c1cc(CSc2ccc(F)cc2)sc1N. The highest BCUT2D eigenvalue weighted by atomic mass is 32.2. The lowest BCUT2D eigenvalue weighted by Crippen LogP contribution is -2.01. The Kier molecular flexibility index (Phi) is 4.44. The molecule has 1 aromatic carbocycles. The second-order valence-corrected chi connectivity index (χ2v) is 5.94. The lowest BCUT2D eigenvalue weighted by atomic mass is 10.3. The van der Waals surface area contributed by atoms with Gasteiger partial charge in [0.05, 0.1) is 12.7 Å². The Morgan fingerprint density at radius 3 is 2.74 bits per heavy atom. The number of thioether (sulfide) groups is 1. The van der Waals surface area contributed by atoms with Crippen molar-refractivity contribution in [2.45, 2.75) is 10.6 Å². The molecular weight excluding hydrogens is 285 g/mol. The zero-order valence-corrected chi connectivity index (χ0v) is 11.8. The number of benzene rings is 1. The van der Waals surface area contributed by atoms with Crippen molar-refractivity contribution in [2.75, 3.05) is 12.8 Å². The number of anilines is 1. The van der Waals surface area contributed by atoms with Gasteiger partial charge in [-0.2, -0.15) is 0 Å². The third kappa shape index (κ3) is 3.48. The molecule has 1 heterocycles. The molecule has 2 rings (SSSR count). The van der Waals surface area contributed by atoms with Crippen LogP contribution >= 0.6 is 23.1 Å². The Morgan fingerprint density at radius 1 is 1.42 bits per heavy atom. The summed E-state index contributed by atoms with van der Waals surface area (Å²) >= 11 is 2.92. The molecule has 2 N–H and O–H groups in total. The number of carbonyl (C=O) groups excluding carboxylic acids is 1. The molecule has 0 atom stereocenters. The first-order valence-electron chi connectivity index (χ1n) is 5.45. The van der Waals surface area contributed by atoms with E-state index >= 15 is 0 Å². The first-order valence-corrected chi connectivity index (χ1v) is 7.25. The van der Waals surface area contributed by atoms with Crippen molar-refractivity contribution in [3.05, 3.63) is 46.6 Å². The Bertz CT molecular complexity index is 581. The van der Waals surface area contributed by atoms with Gasteiger partial charge in [-0.3, -0.25) is 0 Å². The molecule has 0 aliphatic carbocycles. The summed E-state index contributed by atoms with van der Waals surface area (Å²) in [6.45, 7) is 0. The maximum atomic E-state index is 12.8. The monoisotopic (exact) mass is 297 g/mol. The zero-order chi connectivity index (χ0) is 13.8. The Labute approximate surface area is 118 Å². The highest BCUT2D eigenvalue weighted by molar-refractivity contribution is 7.98. The molecule has 2 aromatic rings. The van der Waals surface area contributed by atoms with Gasteiger partial charge >= 0.3 is 5.97 Å². The summed E-state index contributed by atoms with van der Waals surface area (Å²) in [5.74, 6) is 0.00166. The maximum Gasteiger partial charge on any atom is 0.340 e. The van der Waals surface area contributed by atoms with Gasteiger partial charge < -0.3 is 10.5 Å². The van der Waals surface area contributed by atoms with Crippen molar-refractivity contribution < 1.29 is 13.9 Å². The minimum Gasteiger partial charge on any atom is -0.465 e. The van der Waals surface area contributed by atoms with E-state index in [0.29, 0.717) is 16.3 Å². The van der Waals surface area contributed by atoms with E-state index in [9.17, 15) is 9.18 Å². The van der Waals surface area contributed by atoms with Crippen molar-refractivity contribution in [3.8, 4) is 0 Å². The van der Waals surface area contributed by atoms with Crippen LogP contribution in [-0.2, 0) is 10.5 Å². The molecule has 6 heteroatoms. The van der Waals surface area contributed by atoms with Crippen LogP contribution in [0.5, 0.6) is 0 Å². The summed E-state index contributed by atoms with van der Waals surface area (Å²) in [4.78, 5) is 13.4. The number of hydrogen-bond donors (Lipinski definition) is 1. The summed E-state index contributed by atoms with van der Waals surface area (Å²) in [5.41, 5.74) is 6.17. The van der Waals surface area contributed by atoms with Crippen LogP contribution in [0.1, 0.15) is 15.2 Å². The van der Waals surface area contributed by atoms with Crippen LogP contribution in [0.4, 0.5) is 9.39 Å². The fourth-order valence-electron chi connectivity index (χ4n) is 1.48. The fraction of sp³-hybridized carbons (Fsp3) is 0.154. The number of nitrogens with two attached hydrogens (primary N) is 1. The van der Waals surface area contributed by atoms with Crippen LogP contribution in [0.15, 0.2) is 35.2 Å². The molecule has 0 radical (unpaired) electrons. The number of halogens is 1. The highest BCUT2D eigenvalue weighted by Gasteiger charge is 2.14. The van der Waals surface area contributed by atoms with Gasteiger partial charge in [0.2, 0.25) is 0 Å². The Hall–Kier alpha value is -1.53. The minimum absolute atomic E-state index is 0.252. The fourth-order valence-corrected chi connectivity index (χ4v) is 3.33. The number of thiophene rings is 1. The number of hydrogen-bond acceptors (Lipinski definition) is 5. The lowest BCUT2D eigenvalue weighted by Gasteiger charge is -1.99. The van der Waals surface area contributed by atoms with Crippen molar-refractivity contribution in [1.82, 2.24) is 0 Å². The zero-order valence-electron chi connectivity index (χ0n) is 10.2. The third-order valence-electron chi connectivity index (χ3n) is 2.41. The Morgan fingerprint density at radius 2 is 2.11 bits per heavy atom. The number of nitrogen functional groups attached to an aromatic ring is 1. The average Bonchev–Trinajstić information content (AvgIpc) is 2.78. The van der Waals surface area contributed by atoms with E-state index in [4.69, 9.17) is 5.73 Å².